The van der Waals surface area contributed by atoms with Crippen molar-refractivity contribution in [3.8, 4) is 23.0 Å². The Hall–Kier alpha value is -3.49. The van der Waals surface area contributed by atoms with E-state index in [-0.39, 0.29) is 30.1 Å². The standard InChI is InChI=1S/C20H22N2O7/c1-3-21(11-15-12-27-18-6-4-5-7-19(18)29-15)20(23)13-28-17-9-8-14(26-2)10-16(17)22(24)25/h4-10,15H,3,11-13H2,1-2H3/t15-/m0/s1. The summed E-state index contributed by atoms with van der Waals surface area (Å²) in [5.74, 6) is 1.34. The van der Waals surface area contributed by atoms with Gasteiger partial charge in [-0.3, -0.25) is 14.9 Å². The van der Waals surface area contributed by atoms with Crippen LogP contribution in [-0.4, -0.2) is 55.2 Å². The first kappa shape index (κ1) is 20.2. The number of para-hydroxylation sites is 2. The summed E-state index contributed by atoms with van der Waals surface area (Å²) in [6, 6.07) is 11.5. The summed E-state index contributed by atoms with van der Waals surface area (Å²) < 4.78 is 22.0. The number of nitro groups is 1. The fourth-order valence-corrected chi connectivity index (χ4v) is 2.93. The second kappa shape index (κ2) is 9.13. The molecule has 2 aromatic carbocycles. The van der Waals surface area contributed by atoms with Crippen LogP contribution in [0.4, 0.5) is 5.69 Å². The number of benzene rings is 2. The largest absolute Gasteiger partial charge is 0.496 e. The molecule has 1 atom stereocenters. The number of hydrogen-bond donors (Lipinski definition) is 0. The molecule has 9 heteroatoms. The van der Waals surface area contributed by atoms with Crippen LogP contribution in [0.1, 0.15) is 6.92 Å². The molecule has 29 heavy (non-hydrogen) atoms. The molecule has 154 valence electrons. The lowest BCUT2D eigenvalue weighted by Gasteiger charge is -2.30. The summed E-state index contributed by atoms with van der Waals surface area (Å²) in [4.78, 5) is 24.8. The minimum atomic E-state index is -0.579. The maximum absolute atomic E-state index is 12.6. The molecule has 3 rings (SSSR count). The molecule has 1 aliphatic heterocycles. The van der Waals surface area contributed by atoms with Crippen molar-refractivity contribution in [3.63, 3.8) is 0 Å². The summed E-state index contributed by atoms with van der Waals surface area (Å²) >= 11 is 0. The van der Waals surface area contributed by atoms with E-state index < -0.39 is 4.92 Å². The lowest BCUT2D eigenvalue weighted by Crippen LogP contribution is -2.45. The number of carbonyl (C=O) groups excluding carboxylic acids is 1. The van der Waals surface area contributed by atoms with Gasteiger partial charge in [0.2, 0.25) is 0 Å². The molecule has 1 aliphatic rings. The number of rotatable bonds is 8. The van der Waals surface area contributed by atoms with Crippen LogP contribution in [0, 0.1) is 10.1 Å². The summed E-state index contributed by atoms with van der Waals surface area (Å²) in [6.07, 6.45) is -0.316. The molecule has 0 unspecified atom stereocenters. The van der Waals surface area contributed by atoms with E-state index in [1.165, 1.54) is 25.3 Å². The van der Waals surface area contributed by atoms with Crippen molar-refractivity contribution in [1.29, 1.82) is 0 Å². The Morgan fingerprint density at radius 3 is 2.72 bits per heavy atom. The number of likely N-dealkylation sites (N-methyl/N-ethyl adjacent to an activating group) is 1. The minimum absolute atomic E-state index is 0.00591. The van der Waals surface area contributed by atoms with Crippen LogP contribution in [0.3, 0.4) is 0 Å². The number of ether oxygens (including phenoxy) is 4. The molecular formula is C20H22N2O7. The van der Waals surface area contributed by atoms with Gasteiger partial charge in [-0.05, 0) is 31.2 Å². The Balaban J connectivity index is 1.60. The third-order valence-electron chi connectivity index (χ3n) is 4.44. The van der Waals surface area contributed by atoms with E-state index in [1.54, 1.807) is 4.90 Å². The van der Waals surface area contributed by atoms with Crippen molar-refractivity contribution in [2.75, 3.05) is 33.4 Å². The van der Waals surface area contributed by atoms with Crippen LogP contribution < -0.4 is 18.9 Å². The topological polar surface area (TPSA) is 100 Å². The van der Waals surface area contributed by atoms with E-state index >= 15 is 0 Å². The second-order valence-corrected chi connectivity index (χ2v) is 6.31. The second-order valence-electron chi connectivity index (χ2n) is 6.31. The van der Waals surface area contributed by atoms with Crippen molar-refractivity contribution in [1.82, 2.24) is 4.90 Å². The highest BCUT2D eigenvalue weighted by atomic mass is 16.6. The number of hydrogen-bond acceptors (Lipinski definition) is 7. The van der Waals surface area contributed by atoms with Crippen LogP contribution in [0.15, 0.2) is 42.5 Å². The fraction of sp³-hybridized carbons (Fsp3) is 0.350. The van der Waals surface area contributed by atoms with E-state index in [1.807, 2.05) is 31.2 Å². The molecule has 0 aliphatic carbocycles. The Bertz CT molecular complexity index is 887. The van der Waals surface area contributed by atoms with Gasteiger partial charge in [0.05, 0.1) is 24.6 Å². The van der Waals surface area contributed by atoms with Crippen LogP contribution in [0.2, 0.25) is 0 Å². The maximum Gasteiger partial charge on any atom is 0.314 e. The lowest BCUT2D eigenvalue weighted by atomic mass is 10.2. The zero-order valence-corrected chi connectivity index (χ0v) is 16.2. The van der Waals surface area contributed by atoms with Crippen LogP contribution in [-0.2, 0) is 4.79 Å². The summed E-state index contributed by atoms with van der Waals surface area (Å²) in [5.41, 5.74) is -0.263. The van der Waals surface area contributed by atoms with E-state index in [0.29, 0.717) is 36.9 Å². The Labute approximate surface area is 167 Å². The van der Waals surface area contributed by atoms with Crippen molar-refractivity contribution < 1.29 is 28.7 Å². The quantitative estimate of drug-likeness (QED) is 0.494. The van der Waals surface area contributed by atoms with Crippen LogP contribution >= 0.6 is 0 Å². The number of amides is 1. The molecule has 1 amide bonds. The summed E-state index contributed by atoms with van der Waals surface area (Å²) in [5, 5.41) is 11.2. The number of nitro benzene ring substituents is 1. The van der Waals surface area contributed by atoms with Crippen molar-refractivity contribution in [3.05, 3.63) is 52.6 Å². The predicted molar refractivity (Wildman–Crippen MR) is 104 cm³/mol. The average molecular weight is 402 g/mol. The Morgan fingerprint density at radius 1 is 1.28 bits per heavy atom. The number of fused-ring (bicyclic) bond motifs is 1. The van der Waals surface area contributed by atoms with Gasteiger partial charge in [0.25, 0.3) is 5.91 Å². The molecule has 0 fully saturated rings. The van der Waals surface area contributed by atoms with Gasteiger partial charge >= 0.3 is 5.69 Å². The fourth-order valence-electron chi connectivity index (χ4n) is 2.93. The third kappa shape index (κ3) is 4.87. The van der Waals surface area contributed by atoms with Gasteiger partial charge in [-0.1, -0.05) is 12.1 Å². The van der Waals surface area contributed by atoms with Crippen molar-refractivity contribution in [2.24, 2.45) is 0 Å². The molecule has 2 aromatic rings. The van der Waals surface area contributed by atoms with Crippen molar-refractivity contribution >= 4 is 11.6 Å². The molecule has 0 radical (unpaired) electrons. The monoisotopic (exact) mass is 402 g/mol. The van der Waals surface area contributed by atoms with E-state index in [2.05, 4.69) is 0 Å². The number of nitrogens with zero attached hydrogens (tertiary/aromatic N) is 2. The van der Waals surface area contributed by atoms with Gasteiger partial charge in [0, 0.05) is 6.54 Å². The molecule has 0 aromatic heterocycles. The van der Waals surface area contributed by atoms with Gasteiger partial charge in [0.15, 0.2) is 30.0 Å². The highest BCUT2D eigenvalue weighted by molar-refractivity contribution is 5.78. The zero-order valence-electron chi connectivity index (χ0n) is 16.2. The van der Waals surface area contributed by atoms with Gasteiger partial charge in [0.1, 0.15) is 12.4 Å². The van der Waals surface area contributed by atoms with Crippen LogP contribution in [0.5, 0.6) is 23.0 Å². The van der Waals surface area contributed by atoms with Gasteiger partial charge in [-0.2, -0.15) is 0 Å². The summed E-state index contributed by atoms with van der Waals surface area (Å²) in [6.45, 7) is 2.59. The SMILES string of the molecule is CCN(C[C@H]1COc2ccccc2O1)C(=O)COc1ccc(OC)cc1[N+](=O)[O-]. The van der Waals surface area contributed by atoms with Gasteiger partial charge < -0.3 is 23.8 Å². The van der Waals surface area contributed by atoms with Crippen LogP contribution in [0.25, 0.3) is 0 Å². The molecule has 9 nitrogen and oxygen atoms in total. The van der Waals surface area contributed by atoms with E-state index in [4.69, 9.17) is 18.9 Å². The maximum atomic E-state index is 12.6. The Kier molecular flexibility index (Phi) is 6.38. The molecule has 1 heterocycles. The number of methoxy groups -OCH3 is 1. The van der Waals surface area contributed by atoms with E-state index in [9.17, 15) is 14.9 Å². The molecule has 0 spiro atoms. The highest BCUT2D eigenvalue weighted by Gasteiger charge is 2.25. The van der Waals surface area contributed by atoms with E-state index in [0.717, 1.165) is 0 Å². The number of carbonyl (C=O) groups is 1. The van der Waals surface area contributed by atoms with Gasteiger partial charge in [-0.15, -0.1) is 0 Å². The molecule has 0 N–H and O–H groups in total. The average Bonchev–Trinajstić information content (AvgIpc) is 2.75. The molecule has 0 bridgehead atoms. The lowest BCUT2D eigenvalue weighted by molar-refractivity contribution is -0.385. The van der Waals surface area contributed by atoms with Crippen molar-refractivity contribution in [2.45, 2.75) is 13.0 Å². The van der Waals surface area contributed by atoms with Gasteiger partial charge in [-0.25, -0.2) is 0 Å². The first-order chi connectivity index (χ1) is 14.0. The molecular weight excluding hydrogens is 380 g/mol. The predicted octanol–water partition coefficient (Wildman–Crippen LogP) is 2.67. The highest BCUT2D eigenvalue weighted by Crippen LogP contribution is 2.32. The normalized spacial score (nSPS) is 14.8. The first-order valence-corrected chi connectivity index (χ1v) is 9.13. The molecule has 0 saturated heterocycles. The zero-order chi connectivity index (χ0) is 20.8. The Morgan fingerprint density at radius 2 is 2.03 bits per heavy atom. The smallest absolute Gasteiger partial charge is 0.314 e. The minimum Gasteiger partial charge on any atom is -0.496 e. The summed E-state index contributed by atoms with van der Waals surface area (Å²) in [7, 11) is 1.41. The third-order valence-corrected chi connectivity index (χ3v) is 4.44. The first-order valence-electron chi connectivity index (χ1n) is 9.13. The molecule has 0 saturated carbocycles.